The number of halogens is 2. The van der Waals surface area contributed by atoms with Crippen molar-refractivity contribution in [3.05, 3.63) is 64.4 Å². The topological polar surface area (TPSA) is 35.8 Å². The van der Waals surface area contributed by atoms with Crippen LogP contribution < -0.4 is 5.32 Å². The fourth-order valence-corrected chi connectivity index (χ4v) is 2.84. The first-order valence-corrected chi connectivity index (χ1v) is 7.25. The zero-order valence-corrected chi connectivity index (χ0v) is 12.1. The summed E-state index contributed by atoms with van der Waals surface area (Å²) in [5.74, 6) is 0.258. The van der Waals surface area contributed by atoms with Crippen LogP contribution in [0.3, 0.4) is 0 Å². The molecule has 0 aromatic heterocycles. The SMILES string of the molecule is N#Cc1ccc(Cl)c(NC2CC(c3ccc(F)cc3)C2)c1. The van der Waals surface area contributed by atoms with Crippen molar-refractivity contribution in [2.45, 2.75) is 24.8 Å². The molecule has 0 heterocycles. The molecule has 4 heteroatoms. The minimum absolute atomic E-state index is 0.201. The average molecular weight is 301 g/mol. The van der Waals surface area contributed by atoms with E-state index in [0.717, 1.165) is 18.5 Å². The van der Waals surface area contributed by atoms with Crippen LogP contribution in [-0.4, -0.2) is 6.04 Å². The lowest BCUT2D eigenvalue weighted by Crippen LogP contribution is -2.34. The van der Waals surface area contributed by atoms with Crippen molar-refractivity contribution in [1.29, 1.82) is 5.26 Å². The van der Waals surface area contributed by atoms with Crippen LogP contribution >= 0.6 is 11.6 Å². The van der Waals surface area contributed by atoms with Gasteiger partial charge < -0.3 is 5.32 Å². The molecule has 0 amide bonds. The van der Waals surface area contributed by atoms with Gasteiger partial charge in [0.1, 0.15) is 5.82 Å². The van der Waals surface area contributed by atoms with Crippen LogP contribution in [0, 0.1) is 17.1 Å². The molecular formula is C17H14ClFN2. The van der Waals surface area contributed by atoms with E-state index in [0.29, 0.717) is 22.5 Å². The Morgan fingerprint density at radius 3 is 2.52 bits per heavy atom. The van der Waals surface area contributed by atoms with Crippen LogP contribution in [0.1, 0.15) is 29.9 Å². The molecule has 2 nitrogen and oxygen atoms in total. The monoisotopic (exact) mass is 300 g/mol. The van der Waals surface area contributed by atoms with E-state index >= 15 is 0 Å². The largest absolute Gasteiger partial charge is 0.381 e. The summed E-state index contributed by atoms with van der Waals surface area (Å²) in [6.07, 6.45) is 1.97. The van der Waals surface area contributed by atoms with Gasteiger partial charge >= 0.3 is 0 Å². The Morgan fingerprint density at radius 1 is 1.14 bits per heavy atom. The van der Waals surface area contributed by atoms with E-state index in [4.69, 9.17) is 16.9 Å². The first kappa shape index (κ1) is 13.9. The molecular weight excluding hydrogens is 287 g/mol. The second-order valence-electron chi connectivity index (χ2n) is 5.37. The summed E-state index contributed by atoms with van der Waals surface area (Å²) >= 11 is 6.14. The third-order valence-corrected chi connectivity index (χ3v) is 4.26. The molecule has 0 bridgehead atoms. The van der Waals surface area contributed by atoms with Crippen molar-refractivity contribution in [1.82, 2.24) is 0 Å². The fraction of sp³-hybridized carbons (Fsp3) is 0.235. The summed E-state index contributed by atoms with van der Waals surface area (Å²) in [6.45, 7) is 0. The van der Waals surface area contributed by atoms with E-state index in [1.54, 1.807) is 18.2 Å². The smallest absolute Gasteiger partial charge is 0.123 e. The second-order valence-corrected chi connectivity index (χ2v) is 5.77. The molecule has 2 aromatic rings. The minimum atomic E-state index is -0.201. The molecule has 0 atom stereocenters. The normalized spacial score (nSPS) is 20.4. The van der Waals surface area contributed by atoms with Crippen molar-refractivity contribution in [2.24, 2.45) is 0 Å². The van der Waals surface area contributed by atoms with Crippen molar-refractivity contribution in [3.8, 4) is 6.07 Å². The Kier molecular flexibility index (Phi) is 3.81. The molecule has 21 heavy (non-hydrogen) atoms. The summed E-state index contributed by atoms with van der Waals surface area (Å²) in [6, 6.07) is 14.4. The Labute approximate surface area is 128 Å². The molecule has 3 rings (SSSR count). The third kappa shape index (κ3) is 3.01. The van der Waals surface area contributed by atoms with E-state index < -0.39 is 0 Å². The van der Waals surface area contributed by atoms with Gasteiger partial charge in [0.25, 0.3) is 0 Å². The van der Waals surface area contributed by atoms with Crippen LogP contribution in [0.15, 0.2) is 42.5 Å². The zero-order valence-electron chi connectivity index (χ0n) is 11.3. The number of benzene rings is 2. The Balaban J connectivity index is 1.62. The highest BCUT2D eigenvalue weighted by Gasteiger charge is 2.30. The van der Waals surface area contributed by atoms with Gasteiger partial charge in [-0.15, -0.1) is 0 Å². The first-order valence-electron chi connectivity index (χ1n) is 6.87. The first-order chi connectivity index (χ1) is 10.2. The van der Waals surface area contributed by atoms with Crippen molar-refractivity contribution >= 4 is 17.3 Å². The Bertz CT molecular complexity index is 685. The molecule has 1 fully saturated rings. The van der Waals surface area contributed by atoms with Crippen LogP contribution in [-0.2, 0) is 0 Å². The van der Waals surface area contributed by atoms with Crippen LogP contribution in [0.25, 0.3) is 0 Å². The number of hydrogen-bond donors (Lipinski definition) is 1. The van der Waals surface area contributed by atoms with Gasteiger partial charge in [0.2, 0.25) is 0 Å². The molecule has 0 aliphatic heterocycles. The third-order valence-electron chi connectivity index (χ3n) is 3.93. The van der Waals surface area contributed by atoms with Gasteiger partial charge in [0, 0.05) is 6.04 Å². The maximum Gasteiger partial charge on any atom is 0.123 e. The predicted molar refractivity (Wildman–Crippen MR) is 82.0 cm³/mol. The molecule has 0 unspecified atom stereocenters. The number of rotatable bonds is 3. The van der Waals surface area contributed by atoms with Gasteiger partial charge in [-0.1, -0.05) is 23.7 Å². The van der Waals surface area contributed by atoms with Crippen LogP contribution in [0.2, 0.25) is 5.02 Å². The maximum absolute atomic E-state index is 12.9. The van der Waals surface area contributed by atoms with E-state index in [2.05, 4.69) is 11.4 Å². The molecule has 0 saturated heterocycles. The molecule has 1 N–H and O–H groups in total. The van der Waals surface area contributed by atoms with E-state index in [1.165, 1.54) is 17.7 Å². The number of anilines is 1. The fourth-order valence-electron chi connectivity index (χ4n) is 2.67. The van der Waals surface area contributed by atoms with Gasteiger partial charge in [0.05, 0.1) is 22.3 Å². The maximum atomic E-state index is 12.9. The van der Waals surface area contributed by atoms with Crippen molar-refractivity contribution < 1.29 is 4.39 Å². The Hall–Kier alpha value is -2.05. The lowest BCUT2D eigenvalue weighted by Gasteiger charge is -2.37. The van der Waals surface area contributed by atoms with Gasteiger partial charge in [-0.05, 0) is 54.7 Å². The molecule has 106 valence electrons. The summed E-state index contributed by atoms with van der Waals surface area (Å²) in [7, 11) is 0. The highest BCUT2D eigenvalue weighted by atomic mass is 35.5. The van der Waals surface area contributed by atoms with Crippen molar-refractivity contribution in [2.75, 3.05) is 5.32 Å². The summed E-state index contributed by atoms with van der Waals surface area (Å²) in [5, 5.41) is 12.9. The quantitative estimate of drug-likeness (QED) is 0.891. The van der Waals surface area contributed by atoms with E-state index in [1.807, 2.05) is 12.1 Å². The average Bonchev–Trinajstić information content (AvgIpc) is 2.45. The standard InChI is InChI=1S/C17H14ClFN2/c18-16-6-1-11(10-20)7-17(16)21-15-8-13(9-15)12-2-4-14(19)5-3-12/h1-7,13,15,21H,8-9H2. The van der Waals surface area contributed by atoms with Gasteiger partial charge in [-0.2, -0.15) is 5.26 Å². The van der Waals surface area contributed by atoms with Crippen LogP contribution in [0.4, 0.5) is 10.1 Å². The summed E-state index contributed by atoms with van der Waals surface area (Å²) in [5.41, 5.74) is 2.57. The lowest BCUT2D eigenvalue weighted by atomic mass is 9.76. The summed E-state index contributed by atoms with van der Waals surface area (Å²) < 4.78 is 12.9. The van der Waals surface area contributed by atoms with Gasteiger partial charge in [-0.25, -0.2) is 4.39 Å². The predicted octanol–water partition coefficient (Wildman–Crippen LogP) is 4.71. The highest BCUT2D eigenvalue weighted by Crippen LogP contribution is 2.39. The molecule has 1 aliphatic rings. The van der Waals surface area contributed by atoms with Crippen LogP contribution in [0.5, 0.6) is 0 Å². The van der Waals surface area contributed by atoms with E-state index in [9.17, 15) is 4.39 Å². The minimum Gasteiger partial charge on any atom is -0.381 e. The number of nitrogens with zero attached hydrogens (tertiary/aromatic N) is 1. The molecule has 0 spiro atoms. The van der Waals surface area contributed by atoms with E-state index in [-0.39, 0.29) is 5.82 Å². The molecule has 1 saturated carbocycles. The highest BCUT2D eigenvalue weighted by molar-refractivity contribution is 6.33. The number of hydrogen-bond acceptors (Lipinski definition) is 2. The second kappa shape index (κ2) is 5.75. The van der Waals surface area contributed by atoms with Gasteiger partial charge in [0.15, 0.2) is 0 Å². The molecule has 0 radical (unpaired) electrons. The molecule has 2 aromatic carbocycles. The lowest BCUT2D eigenvalue weighted by molar-refractivity contribution is 0.374. The summed E-state index contributed by atoms with van der Waals surface area (Å²) in [4.78, 5) is 0. The van der Waals surface area contributed by atoms with Gasteiger partial charge in [-0.3, -0.25) is 0 Å². The number of nitrogens with one attached hydrogen (secondary N) is 1. The Morgan fingerprint density at radius 2 is 1.86 bits per heavy atom. The van der Waals surface area contributed by atoms with Crippen molar-refractivity contribution in [3.63, 3.8) is 0 Å². The molecule has 1 aliphatic carbocycles. The number of nitriles is 1. The zero-order chi connectivity index (χ0) is 14.8.